The number of hydrogen-bond donors (Lipinski definition) is 2. The molecular formula is C16H21ClN3O+. The molecule has 1 saturated carbocycles. The highest BCUT2D eigenvalue weighted by Gasteiger charge is 2.35. The van der Waals surface area contributed by atoms with Crippen molar-refractivity contribution in [1.82, 2.24) is 5.32 Å². The Hall–Kier alpha value is -1.57. The molecule has 0 unspecified atom stereocenters. The molecule has 1 fully saturated rings. The molecule has 3 N–H and O–H groups in total. The maximum absolute atomic E-state index is 12.1. The monoisotopic (exact) mass is 306 g/mol. The van der Waals surface area contributed by atoms with E-state index in [1.807, 2.05) is 36.5 Å². The molecule has 0 radical (unpaired) electrons. The van der Waals surface area contributed by atoms with Gasteiger partial charge in [-0.2, -0.15) is 5.26 Å². The molecule has 21 heavy (non-hydrogen) atoms. The van der Waals surface area contributed by atoms with Gasteiger partial charge in [0.2, 0.25) is 0 Å². The lowest BCUT2D eigenvalue weighted by molar-refractivity contribution is -0.682. The van der Waals surface area contributed by atoms with Crippen LogP contribution in [-0.4, -0.2) is 18.0 Å². The fraction of sp³-hybridized carbons (Fsp3) is 0.500. The summed E-state index contributed by atoms with van der Waals surface area (Å²) in [4.78, 5) is 12.1. The van der Waals surface area contributed by atoms with E-state index in [4.69, 9.17) is 11.6 Å². The standard InChI is InChI=1S/C16H20ClN3O/c1-12(13-6-2-3-7-14(13)17)19-10-15(21)20-16(11-18)8-4-5-9-16/h2-3,6-7,12,19H,4-5,8-10H2,1H3,(H,20,21)/p+1/t12-/m1/s1. The van der Waals surface area contributed by atoms with E-state index in [1.165, 1.54) is 0 Å². The first-order chi connectivity index (χ1) is 10.1. The van der Waals surface area contributed by atoms with Gasteiger partial charge >= 0.3 is 0 Å². The SMILES string of the molecule is C[C@@H]([NH2+]CC(=O)NC1(C#N)CCCC1)c1ccccc1Cl. The number of halogens is 1. The quantitative estimate of drug-likeness (QED) is 0.872. The van der Waals surface area contributed by atoms with Crippen molar-refractivity contribution in [2.24, 2.45) is 0 Å². The smallest absolute Gasteiger partial charge is 0.276 e. The van der Waals surface area contributed by atoms with Crippen LogP contribution in [0.15, 0.2) is 24.3 Å². The predicted molar refractivity (Wildman–Crippen MR) is 81.6 cm³/mol. The zero-order valence-electron chi connectivity index (χ0n) is 12.2. The number of carbonyl (C=O) groups is 1. The molecule has 0 heterocycles. The number of nitriles is 1. The Morgan fingerprint density at radius 1 is 1.48 bits per heavy atom. The van der Waals surface area contributed by atoms with E-state index in [9.17, 15) is 10.1 Å². The summed E-state index contributed by atoms with van der Waals surface area (Å²) in [5, 5.41) is 14.8. The second-order valence-electron chi connectivity index (χ2n) is 5.70. The molecule has 1 amide bonds. The molecule has 0 bridgehead atoms. The number of hydrogen-bond acceptors (Lipinski definition) is 2. The molecular weight excluding hydrogens is 286 g/mol. The Bertz CT molecular complexity index is 547. The number of rotatable bonds is 5. The molecule has 0 spiro atoms. The summed E-state index contributed by atoms with van der Waals surface area (Å²) in [6, 6.07) is 10.0. The van der Waals surface area contributed by atoms with Crippen molar-refractivity contribution in [3.8, 4) is 6.07 Å². The highest BCUT2D eigenvalue weighted by atomic mass is 35.5. The lowest BCUT2D eigenvalue weighted by Gasteiger charge is -2.22. The maximum atomic E-state index is 12.1. The average Bonchev–Trinajstić information content (AvgIpc) is 2.94. The number of carbonyl (C=O) groups excluding carboxylic acids is 1. The molecule has 5 heteroatoms. The van der Waals surface area contributed by atoms with Gasteiger partial charge in [0.1, 0.15) is 11.6 Å². The summed E-state index contributed by atoms with van der Waals surface area (Å²) in [6.07, 6.45) is 3.53. The summed E-state index contributed by atoms with van der Waals surface area (Å²) in [6.45, 7) is 2.32. The number of nitrogens with one attached hydrogen (secondary N) is 1. The first-order valence-corrected chi connectivity index (χ1v) is 7.74. The minimum Gasteiger partial charge on any atom is -0.333 e. The number of quaternary nitrogens is 1. The van der Waals surface area contributed by atoms with Crippen LogP contribution < -0.4 is 10.6 Å². The third-order valence-electron chi connectivity index (χ3n) is 4.10. The average molecular weight is 307 g/mol. The number of benzene rings is 1. The van der Waals surface area contributed by atoms with Crippen molar-refractivity contribution in [3.05, 3.63) is 34.9 Å². The minimum absolute atomic E-state index is 0.0858. The van der Waals surface area contributed by atoms with Gasteiger partial charge < -0.3 is 10.6 Å². The second-order valence-corrected chi connectivity index (χ2v) is 6.11. The van der Waals surface area contributed by atoms with Crippen LogP contribution in [-0.2, 0) is 4.79 Å². The predicted octanol–water partition coefficient (Wildman–Crippen LogP) is 1.92. The second kappa shape index (κ2) is 6.93. The summed E-state index contributed by atoms with van der Waals surface area (Å²) in [5.74, 6) is -0.0858. The fourth-order valence-corrected chi connectivity index (χ4v) is 3.12. The summed E-state index contributed by atoms with van der Waals surface area (Å²) in [5.41, 5.74) is 0.376. The summed E-state index contributed by atoms with van der Waals surface area (Å²) in [7, 11) is 0. The van der Waals surface area contributed by atoms with Gasteiger partial charge in [-0.05, 0) is 38.7 Å². The van der Waals surface area contributed by atoms with E-state index in [0.29, 0.717) is 11.6 Å². The van der Waals surface area contributed by atoms with Crippen LogP contribution in [0, 0.1) is 11.3 Å². The molecule has 2 rings (SSSR count). The third-order valence-corrected chi connectivity index (χ3v) is 4.45. The molecule has 0 saturated heterocycles. The van der Waals surface area contributed by atoms with Gasteiger partial charge in [-0.3, -0.25) is 4.79 Å². The number of amides is 1. The van der Waals surface area contributed by atoms with Crippen LogP contribution in [0.4, 0.5) is 0 Å². The Morgan fingerprint density at radius 2 is 2.14 bits per heavy atom. The Balaban J connectivity index is 1.87. The normalized spacial score (nSPS) is 18.0. The third kappa shape index (κ3) is 3.96. The summed E-state index contributed by atoms with van der Waals surface area (Å²) >= 11 is 6.15. The molecule has 1 aliphatic rings. The van der Waals surface area contributed by atoms with E-state index < -0.39 is 5.54 Å². The van der Waals surface area contributed by atoms with Gasteiger partial charge in [-0.15, -0.1) is 0 Å². The fourth-order valence-electron chi connectivity index (χ4n) is 2.82. The highest BCUT2D eigenvalue weighted by molar-refractivity contribution is 6.31. The van der Waals surface area contributed by atoms with Crippen molar-refractivity contribution in [1.29, 1.82) is 5.26 Å². The van der Waals surface area contributed by atoms with Gasteiger partial charge in [0.15, 0.2) is 6.54 Å². The summed E-state index contributed by atoms with van der Waals surface area (Å²) < 4.78 is 0. The van der Waals surface area contributed by atoms with Gasteiger partial charge in [0.25, 0.3) is 5.91 Å². The topological polar surface area (TPSA) is 69.5 Å². The Labute approximate surface area is 130 Å². The first kappa shape index (κ1) is 15.8. The van der Waals surface area contributed by atoms with Gasteiger partial charge in [0.05, 0.1) is 6.07 Å². The number of nitrogens with two attached hydrogens (primary N) is 1. The number of nitrogens with zero attached hydrogens (tertiary/aromatic N) is 1. The van der Waals surface area contributed by atoms with E-state index in [2.05, 4.69) is 11.4 Å². The lowest BCUT2D eigenvalue weighted by atomic mass is 10.00. The van der Waals surface area contributed by atoms with Crippen molar-refractivity contribution in [2.75, 3.05) is 6.54 Å². The minimum atomic E-state index is -0.640. The maximum Gasteiger partial charge on any atom is 0.276 e. The Morgan fingerprint density at radius 3 is 2.76 bits per heavy atom. The lowest BCUT2D eigenvalue weighted by Crippen LogP contribution is -2.87. The van der Waals surface area contributed by atoms with Crippen LogP contribution in [0.3, 0.4) is 0 Å². The van der Waals surface area contributed by atoms with Gasteiger partial charge in [-0.25, -0.2) is 0 Å². The first-order valence-electron chi connectivity index (χ1n) is 7.36. The molecule has 0 aromatic heterocycles. The van der Waals surface area contributed by atoms with Crippen molar-refractivity contribution in [3.63, 3.8) is 0 Å². The molecule has 1 aromatic rings. The van der Waals surface area contributed by atoms with E-state index >= 15 is 0 Å². The zero-order valence-corrected chi connectivity index (χ0v) is 13.0. The van der Waals surface area contributed by atoms with Crippen molar-refractivity contribution >= 4 is 17.5 Å². The van der Waals surface area contributed by atoms with Crippen molar-refractivity contribution < 1.29 is 10.1 Å². The van der Waals surface area contributed by atoms with Gasteiger partial charge in [0, 0.05) is 10.6 Å². The van der Waals surface area contributed by atoms with Crippen LogP contribution >= 0.6 is 11.6 Å². The molecule has 0 aliphatic heterocycles. The van der Waals surface area contributed by atoms with Crippen molar-refractivity contribution in [2.45, 2.75) is 44.2 Å². The molecule has 1 aliphatic carbocycles. The molecule has 1 atom stereocenters. The largest absolute Gasteiger partial charge is 0.333 e. The molecule has 4 nitrogen and oxygen atoms in total. The van der Waals surface area contributed by atoms with Crippen LogP contribution in [0.5, 0.6) is 0 Å². The van der Waals surface area contributed by atoms with E-state index in [-0.39, 0.29) is 11.9 Å². The van der Waals surface area contributed by atoms with Crippen LogP contribution in [0.2, 0.25) is 5.02 Å². The van der Waals surface area contributed by atoms with E-state index in [1.54, 1.807) is 0 Å². The molecule has 1 aromatic carbocycles. The van der Waals surface area contributed by atoms with Crippen LogP contribution in [0.1, 0.15) is 44.2 Å². The Kier molecular flexibility index (Phi) is 5.22. The highest BCUT2D eigenvalue weighted by Crippen LogP contribution is 2.28. The van der Waals surface area contributed by atoms with Gasteiger partial charge in [-0.1, -0.05) is 29.8 Å². The van der Waals surface area contributed by atoms with Crippen LogP contribution in [0.25, 0.3) is 0 Å². The van der Waals surface area contributed by atoms with E-state index in [0.717, 1.165) is 31.2 Å². The zero-order chi connectivity index (χ0) is 15.3. The molecule has 112 valence electrons.